The molecule has 0 radical (unpaired) electrons. The molecule has 0 bridgehead atoms. The van der Waals surface area contributed by atoms with Crippen molar-refractivity contribution in [2.45, 2.75) is 26.8 Å². The number of aryl methyl sites for hydroxylation is 1. The molecule has 0 spiro atoms. The second-order valence-electron chi connectivity index (χ2n) is 8.73. The second-order valence-corrected chi connectivity index (χ2v) is 9.76. The summed E-state index contributed by atoms with van der Waals surface area (Å²) in [6, 6.07) is 20.1. The van der Waals surface area contributed by atoms with Crippen molar-refractivity contribution in [1.82, 2.24) is 4.98 Å². The van der Waals surface area contributed by atoms with Gasteiger partial charge in [-0.1, -0.05) is 48.5 Å². The van der Waals surface area contributed by atoms with Gasteiger partial charge in [-0.2, -0.15) is 0 Å². The standard InChI is InChI=1S/C29H24N2O4S/c1-16-13-21(18(3)31-23-12-8-7-11-20(23)29(33)34)27-22(14-16)25(32)17(2)26(35-27)24-15-30-28(36-24)19-9-5-4-6-10-19/h4-15,18,31H,1-3H3,(H,33,34). The highest BCUT2D eigenvalue weighted by Crippen LogP contribution is 2.36. The molecule has 0 aliphatic heterocycles. The fourth-order valence-electron chi connectivity index (χ4n) is 4.32. The number of carboxylic acid groups (broad SMARTS) is 1. The van der Waals surface area contributed by atoms with Crippen molar-refractivity contribution in [2.24, 2.45) is 0 Å². The lowest BCUT2D eigenvalue weighted by atomic mass is 9.99. The number of anilines is 1. The molecule has 0 fully saturated rings. The van der Waals surface area contributed by atoms with Crippen LogP contribution in [0.2, 0.25) is 0 Å². The maximum Gasteiger partial charge on any atom is 0.337 e. The van der Waals surface area contributed by atoms with Gasteiger partial charge in [0.1, 0.15) is 10.6 Å². The third-order valence-corrected chi connectivity index (χ3v) is 7.18. The predicted molar refractivity (Wildman–Crippen MR) is 144 cm³/mol. The van der Waals surface area contributed by atoms with E-state index in [0.29, 0.717) is 28.0 Å². The van der Waals surface area contributed by atoms with Crippen LogP contribution in [0.5, 0.6) is 0 Å². The van der Waals surface area contributed by atoms with Crippen LogP contribution in [0.4, 0.5) is 5.69 Å². The van der Waals surface area contributed by atoms with Crippen molar-refractivity contribution >= 4 is 34.0 Å². The Balaban J connectivity index is 1.63. The van der Waals surface area contributed by atoms with Gasteiger partial charge in [-0.05, 0) is 44.5 Å². The number of thiazole rings is 1. The molecule has 0 amide bonds. The number of carboxylic acids is 1. The maximum atomic E-state index is 13.5. The van der Waals surface area contributed by atoms with E-state index >= 15 is 0 Å². The van der Waals surface area contributed by atoms with E-state index in [4.69, 9.17) is 4.42 Å². The first-order chi connectivity index (χ1) is 17.3. The van der Waals surface area contributed by atoms with E-state index in [-0.39, 0.29) is 17.0 Å². The Morgan fingerprint density at radius 1 is 1.06 bits per heavy atom. The summed E-state index contributed by atoms with van der Waals surface area (Å²) in [7, 11) is 0. The van der Waals surface area contributed by atoms with Crippen molar-refractivity contribution in [1.29, 1.82) is 0 Å². The van der Waals surface area contributed by atoms with Crippen LogP contribution in [0.25, 0.3) is 32.2 Å². The normalized spacial score (nSPS) is 12.0. The fraction of sp³-hybridized carbons (Fsp3) is 0.138. The number of hydrogen-bond donors (Lipinski definition) is 2. The van der Waals surface area contributed by atoms with Gasteiger partial charge in [0.05, 0.1) is 21.9 Å². The van der Waals surface area contributed by atoms with Gasteiger partial charge >= 0.3 is 5.97 Å². The SMILES string of the molecule is Cc1cc(C(C)Nc2ccccc2C(=O)O)c2oc(-c3cnc(-c4ccccc4)s3)c(C)c(=O)c2c1. The molecule has 0 saturated carbocycles. The zero-order valence-electron chi connectivity index (χ0n) is 20.0. The highest BCUT2D eigenvalue weighted by Gasteiger charge is 2.21. The first-order valence-electron chi connectivity index (χ1n) is 11.5. The average Bonchev–Trinajstić information content (AvgIpc) is 3.37. The molecule has 0 aliphatic carbocycles. The Kier molecular flexibility index (Phi) is 6.16. The van der Waals surface area contributed by atoms with Crippen LogP contribution in [0.3, 0.4) is 0 Å². The zero-order valence-corrected chi connectivity index (χ0v) is 20.8. The number of benzene rings is 3. The van der Waals surface area contributed by atoms with Gasteiger partial charge in [-0.3, -0.25) is 4.79 Å². The lowest BCUT2D eigenvalue weighted by Crippen LogP contribution is -2.13. The molecule has 7 heteroatoms. The van der Waals surface area contributed by atoms with Gasteiger partial charge in [0, 0.05) is 28.6 Å². The third-order valence-electron chi connectivity index (χ3n) is 6.14. The van der Waals surface area contributed by atoms with Crippen molar-refractivity contribution < 1.29 is 14.3 Å². The molecular weight excluding hydrogens is 472 g/mol. The first-order valence-corrected chi connectivity index (χ1v) is 12.3. The third kappa shape index (κ3) is 4.29. The van der Waals surface area contributed by atoms with Crippen LogP contribution in [-0.4, -0.2) is 16.1 Å². The zero-order chi connectivity index (χ0) is 25.4. The average molecular weight is 497 g/mol. The molecule has 1 atom stereocenters. The molecule has 2 heterocycles. The molecule has 0 aliphatic rings. The van der Waals surface area contributed by atoms with E-state index in [2.05, 4.69) is 10.3 Å². The van der Waals surface area contributed by atoms with Crippen molar-refractivity contribution in [3.05, 3.63) is 105 Å². The largest absolute Gasteiger partial charge is 0.478 e. The minimum atomic E-state index is -1.01. The van der Waals surface area contributed by atoms with Gasteiger partial charge in [-0.25, -0.2) is 9.78 Å². The second kappa shape index (κ2) is 9.43. The van der Waals surface area contributed by atoms with E-state index in [0.717, 1.165) is 26.6 Å². The summed E-state index contributed by atoms with van der Waals surface area (Å²) in [5, 5.41) is 14.2. The molecule has 5 aromatic rings. The van der Waals surface area contributed by atoms with Crippen molar-refractivity contribution in [3.8, 4) is 21.2 Å². The van der Waals surface area contributed by atoms with Crippen molar-refractivity contribution in [3.63, 3.8) is 0 Å². The van der Waals surface area contributed by atoms with E-state index in [1.54, 1.807) is 37.4 Å². The number of hydrogen-bond acceptors (Lipinski definition) is 6. The molecular formula is C29H24N2O4S. The minimum Gasteiger partial charge on any atom is -0.478 e. The fourth-order valence-corrected chi connectivity index (χ4v) is 5.28. The molecule has 6 nitrogen and oxygen atoms in total. The highest BCUT2D eigenvalue weighted by atomic mass is 32.1. The highest BCUT2D eigenvalue weighted by molar-refractivity contribution is 7.18. The summed E-state index contributed by atoms with van der Waals surface area (Å²) in [6.45, 7) is 5.63. The smallest absolute Gasteiger partial charge is 0.337 e. The lowest BCUT2D eigenvalue weighted by molar-refractivity contribution is 0.0698. The Hall–Kier alpha value is -4.23. The number of carbonyl (C=O) groups is 1. The Labute approximate surface area is 211 Å². The summed E-state index contributed by atoms with van der Waals surface area (Å²) in [4.78, 5) is 30.5. The monoisotopic (exact) mass is 496 g/mol. The van der Waals surface area contributed by atoms with Crippen LogP contribution in [0.1, 0.15) is 40.0 Å². The number of nitrogens with one attached hydrogen (secondary N) is 1. The van der Waals surface area contributed by atoms with Gasteiger partial charge in [0.2, 0.25) is 0 Å². The number of nitrogens with zero attached hydrogens (tertiary/aromatic N) is 1. The molecule has 0 saturated heterocycles. The Morgan fingerprint density at radius 2 is 1.78 bits per heavy atom. The first kappa shape index (κ1) is 23.5. The summed E-state index contributed by atoms with van der Waals surface area (Å²) in [6.07, 6.45) is 1.74. The summed E-state index contributed by atoms with van der Waals surface area (Å²) < 4.78 is 6.45. The summed E-state index contributed by atoms with van der Waals surface area (Å²) in [5.74, 6) is -0.515. The number of aromatic carboxylic acids is 1. The number of para-hydroxylation sites is 1. The molecule has 1 unspecified atom stereocenters. The Morgan fingerprint density at radius 3 is 2.53 bits per heavy atom. The summed E-state index contributed by atoms with van der Waals surface area (Å²) in [5.41, 5.74) is 4.28. The molecule has 5 rings (SSSR count). The molecule has 3 aromatic carbocycles. The molecule has 2 N–H and O–H groups in total. The van der Waals surface area contributed by atoms with E-state index in [1.807, 2.05) is 56.3 Å². The van der Waals surface area contributed by atoms with Gasteiger partial charge in [-0.15, -0.1) is 11.3 Å². The van der Waals surface area contributed by atoms with Crippen LogP contribution < -0.4 is 10.7 Å². The molecule has 36 heavy (non-hydrogen) atoms. The van der Waals surface area contributed by atoms with Gasteiger partial charge in [0.25, 0.3) is 0 Å². The maximum absolute atomic E-state index is 13.5. The quantitative estimate of drug-likeness (QED) is 0.261. The van der Waals surface area contributed by atoms with Gasteiger partial charge < -0.3 is 14.8 Å². The predicted octanol–water partition coefficient (Wildman–Crippen LogP) is 7.07. The van der Waals surface area contributed by atoms with E-state index in [9.17, 15) is 14.7 Å². The number of rotatable bonds is 6. The topological polar surface area (TPSA) is 92.4 Å². The number of aromatic nitrogens is 1. The molecule has 180 valence electrons. The number of fused-ring (bicyclic) bond motifs is 1. The van der Waals surface area contributed by atoms with Crippen LogP contribution >= 0.6 is 11.3 Å². The van der Waals surface area contributed by atoms with Crippen molar-refractivity contribution in [2.75, 3.05) is 5.32 Å². The van der Waals surface area contributed by atoms with E-state index in [1.165, 1.54) is 11.3 Å². The molecule has 2 aromatic heterocycles. The van der Waals surface area contributed by atoms with Crippen LogP contribution in [-0.2, 0) is 0 Å². The minimum absolute atomic E-state index is 0.0935. The van der Waals surface area contributed by atoms with E-state index < -0.39 is 5.97 Å². The summed E-state index contributed by atoms with van der Waals surface area (Å²) >= 11 is 1.47. The van der Waals surface area contributed by atoms with Gasteiger partial charge in [0.15, 0.2) is 11.2 Å². The Bertz CT molecular complexity index is 1650. The lowest BCUT2D eigenvalue weighted by Gasteiger charge is -2.19. The van der Waals surface area contributed by atoms with Crippen LogP contribution in [0, 0.1) is 13.8 Å². The van der Waals surface area contributed by atoms with Crippen LogP contribution in [0.15, 0.2) is 82.1 Å².